The van der Waals surface area contributed by atoms with Gasteiger partial charge in [0.05, 0.1) is 6.07 Å². The first kappa shape index (κ1) is 27.4. The van der Waals surface area contributed by atoms with Crippen molar-refractivity contribution >= 4 is 23.6 Å². The highest BCUT2D eigenvalue weighted by molar-refractivity contribution is 5.99. The van der Waals surface area contributed by atoms with Crippen LogP contribution in [0, 0.1) is 25.2 Å². The maximum atomic E-state index is 13.6. The number of hydrogen-bond donors (Lipinski definition) is 2. The van der Waals surface area contributed by atoms with E-state index in [0.717, 1.165) is 23.1 Å². The SMILES string of the molecule is CCc1ccc(C(C(=O)Nc2c(C)cccc2C)N(CC#N)C(=O)CNC(=O)OC(C)(C)C)cc1. The Kier molecular flexibility index (Phi) is 9.41. The van der Waals surface area contributed by atoms with Crippen molar-refractivity contribution in [1.29, 1.82) is 5.26 Å². The minimum Gasteiger partial charge on any atom is -0.444 e. The Morgan fingerprint density at radius 2 is 1.66 bits per heavy atom. The van der Waals surface area contributed by atoms with E-state index in [1.54, 1.807) is 32.9 Å². The normalized spacial score (nSPS) is 11.7. The van der Waals surface area contributed by atoms with Crippen LogP contribution >= 0.6 is 0 Å². The predicted octanol–water partition coefficient (Wildman–Crippen LogP) is 4.42. The van der Waals surface area contributed by atoms with Gasteiger partial charge in [-0.1, -0.05) is 49.4 Å². The van der Waals surface area contributed by atoms with E-state index in [-0.39, 0.29) is 6.54 Å². The summed E-state index contributed by atoms with van der Waals surface area (Å²) in [6.45, 7) is 10.2. The molecule has 2 aromatic carbocycles. The number of nitriles is 1. The molecule has 2 aromatic rings. The Morgan fingerprint density at radius 1 is 1.06 bits per heavy atom. The zero-order chi connectivity index (χ0) is 26.2. The summed E-state index contributed by atoms with van der Waals surface area (Å²) in [6, 6.07) is 13.9. The summed E-state index contributed by atoms with van der Waals surface area (Å²) in [5, 5.41) is 14.8. The molecule has 8 heteroatoms. The van der Waals surface area contributed by atoms with Gasteiger partial charge in [0.15, 0.2) is 0 Å². The molecule has 0 heterocycles. The zero-order valence-corrected chi connectivity index (χ0v) is 21.3. The molecular formula is C27H34N4O4. The maximum absolute atomic E-state index is 13.6. The highest BCUT2D eigenvalue weighted by Crippen LogP contribution is 2.26. The van der Waals surface area contributed by atoms with Gasteiger partial charge in [-0.05, 0) is 63.3 Å². The van der Waals surface area contributed by atoms with Crippen molar-refractivity contribution in [3.05, 3.63) is 64.7 Å². The number of aryl methyl sites for hydroxylation is 3. The van der Waals surface area contributed by atoms with Gasteiger partial charge in [0.2, 0.25) is 5.91 Å². The van der Waals surface area contributed by atoms with Crippen molar-refractivity contribution < 1.29 is 19.1 Å². The molecule has 186 valence electrons. The number of anilines is 1. The van der Waals surface area contributed by atoms with Gasteiger partial charge in [0, 0.05) is 5.69 Å². The van der Waals surface area contributed by atoms with Gasteiger partial charge in [-0.2, -0.15) is 5.26 Å². The number of carbonyl (C=O) groups is 3. The topological polar surface area (TPSA) is 112 Å². The second-order valence-electron chi connectivity index (χ2n) is 9.29. The van der Waals surface area contributed by atoms with E-state index in [9.17, 15) is 19.6 Å². The fourth-order valence-corrected chi connectivity index (χ4v) is 3.57. The van der Waals surface area contributed by atoms with Crippen LogP contribution in [0.2, 0.25) is 0 Å². The molecule has 0 bridgehead atoms. The molecule has 0 radical (unpaired) electrons. The van der Waals surface area contributed by atoms with Gasteiger partial charge >= 0.3 is 6.09 Å². The molecule has 0 fully saturated rings. The molecule has 0 saturated carbocycles. The fraction of sp³-hybridized carbons (Fsp3) is 0.407. The Balaban J connectivity index is 2.39. The molecule has 0 saturated heterocycles. The Morgan fingerprint density at radius 3 is 2.17 bits per heavy atom. The average molecular weight is 479 g/mol. The molecule has 35 heavy (non-hydrogen) atoms. The molecular weight excluding hydrogens is 444 g/mol. The Hall–Kier alpha value is -3.86. The number of nitrogens with one attached hydrogen (secondary N) is 2. The number of ether oxygens (including phenoxy) is 1. The smallest absolute Gasteiger partial charge is 0.408 e. The maximum Gasteiger partial charge on any atom is 0.408 e. The van der Waals surface area contributed by atoms with Crippen molar-refractivity contribution in [2.45, 2.75) is 59.6 Å². The number of para-hydroxylation sites is 1. The molecule has 8 nitrogen and oxygen atoms in total. The first-order valence-electron chi connectivity index (χ1n) is 11.6. The van der Waals surface area contributed by atoms with Crippen LogP contribution in [-0.4, -0.2) is 41.5 Å². The molecule has 0 aliphatic heterocycles. The van der Waals surface area contributed by atoms with Crippen molar-refractivity contribution in [2.24, 2.45) is 0 Å². The molecule has 0 aromatic heterocycles. The van der Waals surface area contributed by atoms with Crippen molar-refractivity contribution in [3.8, 4) is 6.07 Å². The third-order valence-corrected chi connectivity index (χ3v) is 5.34. The van der Waals surface area contributed by atoms with Crippen molar-refractivity contribution in [2.75, 3.05) is 18.4 Å². The van der Waals surface area contributed by atoms with E-state index in [2.05, 4.69) is 10.6 Å². The molecule has 3 amide bonds. The second kappa shape index (κ2) is 12.0. The Labute approximate surface area is 207 Å². The largest absolute Gasteiger partial charge is 0.444 e. The Bertz CT molecular complexity index is 1080. The van der Waals surface area contributed by atoms with E-state index < -0.39 is 36.1 Å². The third kappa shape index (κ3) is 7.85. The molecule has 1 atom stereocenters. The lowest BCUT2D eigenvalue weighted by molar-refractivity contribution is -0.137. The second-order valence-corrected chi connectivity index (χ2v) is 9.29. The summed E-state index contributed by atoms with van der Waals surface area (Å²) < 4.78 is 5.19. The van der Waals surface area contributed by atoms with Gasteiger partial charge in [-0.25, -0.2) is 4.79 Å². The third-order valence-electron chi connectivity index (χ3n) is 5.34. The van der Waals surface area contributed by atoms with Crippen LogP contribution in [0.4, 0.5) is 10.5 Å². The first-order chi connectivity index (χ1) is 16.5. The molecule has 0 aliphatic carbocycles. The quantitative estimate of drug-likeness (QED) is 0.546. The van der Waals surface area contributed by atoms with Gasteiger partial charge in [0.25, 0.3) is 5.91 Å². The van der Waals surface area contributed by atoms with Crippen molar-refractivity contribution in [1.82, 2.24) is 10.2 Å². The number of alkyl carbamates (subject to hydrolysis) is 1. The van der Waals surface area contributed by atoms with E-state index in [4.69, 9.17) is 4.74 Å². The number of hydrogen-bond acceptors (Lipinski definition) is 5. The van der Waals surface area contributed by atoms with Crippen LogP contribution in [0.25, 0.3) is 0 Å². The first-order valence-corrected chi connectivity index (χ1v) is 11.6. The predicted molar refractivity (Wildman–Crippen MR) is 135 cm³/mol. The van der Waals surface area contributed by atoms with Gasteiger partial charge in [0.1, 0.15) is 24.7 Å². The summed E-state index contributed by atoms with van der Waals surface area (Å²) in [4.78, 5) is 40.0. The highest BCUT2D eigenvalue weighted by atomic mass is 16.6. The summed E-state index contributed by atoms with van der Waals surface area (Å²) in [6.07, 6.45) is 0.0619. The number of rotatable bonds is 8. The summed E-state index contributed by atoms with van der Waals surface area (Å²) >= 11 is 0. The standard InChI is InChI=1S/C27H34N4O4/c1-7-20-11-13-21(14-12-20)24(25(33)30-23-18(2)9-8-10-19(23)3)31(16-15-28)22(32)17-29-26(34)35-27(4,5)6/h8-14,24H,7,16-17H2,1-6H3,(H,29,34)(H,30,33). The lowest BCUT2D eigenvalue weighted by Crippen LogP contribution is -2.46. The molecule has 0 aliphatic rings. The van der Waals surface area contributed by atoms with E-state index in [1.807, 2.05) is 57.2 Å². The number of nitrogens with zero attached hydrogens (tertiary/aromatic N) is 2. The molecule has 0 spiro atoms. The fourth-order valence-electron chi connectivity index (χ4n) is 3.57. The van der Waals surface area contributed by atoms with E-state index in [1.165, 1.54) is 4.90 Å². The lowest BCUT2D eigenvalue weighted by atomic mass is 10.0. The van der Waals surface area contributed by atoms with Gasteiger partial charge < -0.3 is 20.3 Å². The van der Waals surface area contributed by atoms with Gasteiger partial charge in [-0.3, -0.25) is 9.59 Å². The van der Waals surface area contributed by atoms with E-state index >= 15 is 0 Å². The summed E-state index contributed by atoms with van der Waals surface area (Å²) in [5.41, 5.74) is 3.32. The molecule has 1 unspecified atom stereocenters. The highest BCUT2D eigenvalue weighted by Gasteiger charge is 2.32. The van der Waals surface area contributed by atoms with E-state index in [0.29, 0.717) is 11.3 Å². The minimum atomic E-state index is -1.08. The van der Waals surface area contributed by atoms with Crippen LogP contribution < -0.4 is 10.6 Å². The van der Waals surface area contributed by atoms with Crippen LogP contribution in [0.3, 0.4) is 0 Å². The van der Waals surface area contributed by atoms with Crippen molar-refractivity contribution in [3.63, 3.8) is 0 Å². The lowest BCUT2D eigenvalue weighted by Gasteiger charge is -2.30. The monoisotopic (exact) mass is 478 g/mol. The number of carbonyl (C=O) groups excluding carboxylic acids is 3. The zero-order valence-electron chi connectivity index (χ0n) is 21.3. The average Bonchev–Trinajstić information content (AvgIpc) is 2.79. The van der Waals surface area contributed by atoms with Gasteiger partial charge in [-0.15, -0.1) is 0 Å². The molecule has 2 N–H and O–H groups in total. The van der Waals surface area contributed by atoms with Crippen LogP contribution in [-0.2, 0) is 20.7 Å². The minimum absolute atomic E-state index is 0.338. The molecule has 2 rings (SSSR count). The number of benzene rings is 2. The number of amides is 3. The summed E-state index contributed by atoms with van der Waals surface area (Å²) in [5.74, 6) is -1.04. The van der Waals surface area contributed by atoms with Crippen LogP contribution in [0.5, 0.6) is 0 Å². The van der Waals surface area contributed by atoms with Crippen LogP contribution in [0.15, 0.2) is 42.5 Å². The summed E-state index contributed by atoms with van der Waals surface area (Å²) in [7, 11) is 0. The van der Waals surface area contributed by atoms with Crippen LogP contribution in [0.1, 0.15) is 56.0 Å².